The molecule has 372 valence electrons. The molecule has 1 unspecified atom stereocenters. The highest BCUT2D eigenvalue weighted by Gasteiger charge is 2.54. The maximum atomic E-state index is 16.3. The van der Waals surface area contributed by atoms with Gasteiger partial charge in [0.05, 0.1) is 56.7 Å². The fraction of sp³-hybridized carbons (Fsp3) is 0.204. The highest BCUT2D eigenvalue weighted by Crippen LogP contribution is 2.54. The normalized spacial score (nSPS) is 18.0. The smallest absolute Gasteiger partial charge is 0.354 e. The molecule has 9 rings (SSSR count). The molecular weight excluding hydrogens is 1090 g/mol. The van der Waals surface area contributed by atoms with E-state index in [-0.39, 0.29) is 67.9 Å². The summed E-state index contributed by atoms with van der Waals surface area (Å²) in [5.41, 5.74) is -13.7. The molecule has 0 fully saturated rings. The molecule has 2 aliphatic heterocycles. The van der Waals surface area contributed by atoms with Crippen LogP contribution < -0.4 is 10.7 Å². The first kappa shape index (κ1) is 50.7. The van der Waals surface area contributed by atoms with Crippen LogP contribution in [0.2, 0.25) is 0 Å². The third kappa shape index (κ3) is 9.35. The van der Waals surface area contributed by atoms with Crippen LogP contribution in [-0.2, 0) is 37.8 Å². The van der Waals surface area contributed by atoms with Gasteiger partial charge in [-0.15, -0.1) is 0 Å². The summed E-state index contributed by atoms with van der Waals surface area (Å²) in [5, 5.41) is -0.281. The summed E-state index contributed by atoms with van der Waals surface area (Å²) >= 11 is 6.64. The number of aromatic nitrogens is 3. The second-order valence-electron chi connectivity index (χ2n) is 16.9. The molecule has 4 aromatic carbocycles. The quantitative estimate of drug-likeness (QED) is 0.105. The largest absolute Gasteiger partial charge is 0.419 e. The molecule has 8 bridgehead atoms. The lowest BCUT2D eigenvalue weighted by molar-refractivity contribution is -0.161. The van der Waals surface area contributed by atoms with Crippen LogP contribution in [0.1, 0.15) is 86.0 Å². The fourth-order valence-corrected chi connectivity index (χ4v) is 10.4. The highest BCUT2D eigenvalue weighted by molar-refractivity contribution is 9.09. The van der Waals surface area contributed by atoms with Crippen LogP contribution in [0.4, 0.5) is 52.7 Å². The van der Waals surface area contributed by atoms with Crippen molar-refractivity contribution in [3.63, 3.8) is 0 Å². The molecule has 4 nitrogen and oxygen atoms in total. The number of hydrogen-bond donors (Lipinski definition) is 1. The SMILES string of the molecule is FC(F)(F)c1c(C(F)(F)F)c2n(CCCBr)c1/C(c1ccccc1)=C1/C=CC(=N1)C(c1ccccc1)c1c(C(F)(F)F)c(C(F)(F)F)c(n1CCCBr)/C(c1ccccc1)=c1/cc/c([nH]1)=C/2c1ccccc1. The van der Waals surface area contributed by atoms with Crippen molar-refractivity contribution < 1.29 is 52.7 Å². The third-order valence-corrected chi connectivity index (χ3v) is 13.6. The minimum Gasteiger partial charge on any atom is -0.354 e. The Morgan fingerprint density at radius 2 is 0.819 bits per heavy atom. The van der Waals surface area contributed by atoms with E-state index in [1.807, 2.05) is 0 Å². The first-order chi connectivity index (χ1) is 34.3. The molecule has 5 heterocycles. The number of rotatable bonds is 10. The molecule has 0 aliphatic carbocycles. The van der Waals surface area contributed by atoms with Crippen molar-refractivity contribution >= 4 is 54.3 Å². The van der Waals surface area contributed by atoms with E-state index in [1.165, 1.54) is 127 Å². The standard InChI is InChI=1S/C54H38Br2F12N4/c55-27-13-29-71-47-39(31-15-5-1-6-16-31)35-23-24-36(69-35)40(32-17-7-2-8-18-32)49-45(53(63,64)65)46(54(66,67)68)50(72(49)30-14-28-56)42(34-21-11-4-12-22-34)38-26-25-37(70-38)41(33-19-9-3-10-20-33)48(71)44(52(60,61)62)43(47)51(57,58)59/h1-12,15-26,39,70H,13-14,27-30H2/b40-36-,41-37-,42-38-. The third-order valence-electron chi connectivity index (χ3n) is 12.5. The van der Waals surface area contributed by atoms with E-state index in [9.17, 15) is 0 Å². The van der Waals surface area contributed by atoms with Gasteiger partial charge in [0.25, 0.3) is 0 Å². The highest BCUT2D eigenvalue weighted by atomic mass is 79.9. The number of hydrogen-bond acceptors (Lipinski definition) is 1. The molecular formula is C54H38Br2F12N4. The van der Waals surface area contributed by atoms with Crippen LogP contribution in [-0.4, -0.2) is 30.5 Å². The predicted molar refractivity (Wildman–Crippen MR) is 259 cm³/mol. The Morgan fingerprint density at radius 3 is 1.25 bits per heavy atom. The van der Waals surface area contributed by atoms with Crippen molar-refractivity contribution in [3.05, 3.63) is 229 Å². The van der Waals surface area contributed by atoms with E-state index in [4.69, 9.17) is 4.99 Å². The van der Waals surface area contributed by atoms with Gasteiger partial charge in [-0.2, -0.15) is 52.7 Å². The second kappa shape index (κ2) is 19.6. The van der Waals surface area contributed by atoms with E-state index in [1.54, 1.807) is 18.2 Å². The summed E-state index contributed by atoms with van der Waals surface area (Å²) in [6.45, 7) is -0.867. The summed E-state index contributed by atoms with van der Waals surface area (Å²) in [6, 6.07) is 31.4. The number of benzene rings is 4. The van der Waals surface area contributed by atoms with E-state index in [0.717, 1.165) is 9.13 Å². The number of nitrogens with zero attached hydrogens (tertiary/aromatic N) is 3. The first-order valence-corrected chi connectivity index (χ1v) is 24.6. The molecule has 3 aromatic heterocycles. The number of nitrogens with one attached hydrogen (secondary N) is 1. The van der Waals surface area contributed by atoms with Gasteiger partial charge in [-0.25, -0.2) is 0 Å². The van der Waals surface area contributed by atoms with Crippen LogP contribution >= 0.6 is 31.9 Å². The maximum Gasteiger partial charge on any atom is 0.419 e. The Kier molecular flexibility index (Phi) is 13.8. The number of alkyl halides is 14. The Bertz CT molecular complexity index is 3360. The van der Waals surface area contributed by atoms with Crippen molar-refractivity contribution in [1.82, 2.24) is 14.1 Å². The molecule has 1 N–H and O–H groups in total. The summed E-state index contributed by atoms with van der Waals surface area (Å²) < 4.78 is 197. The molecule has 0 spiro atoms. The van der Waals surface area contributed by atoms with Crippen LogP contribution in [0.25, 0.3) is 16.7 Å². The van der Waals surface area contributed by atoms with E-state index in [2.05, 4.69) is 36.8 Å². The zero-order chi connectivity index (χ0) is 51.3. The predicted octanol–water partition coefficient (Wildman–Crippen LogP) is 14.7. The zero-order valence-corrected chi connectivity index (χ0v) is 40.5. The van der Waals surface area contributed by atoms with Gasteiger partial charge in [0, 0.05) is 56.9 Å². The number of aromatic amines is 1. The van der Waals surface area contributed by atoms with Gasteiger partial charge in [0.2, 0.25) is 0 Å². The Labute approximate surface area is 420 Å². The van der Waals surface area contributed by atoms with Gasteiger partial charge in [-0.3, -0.25) is 4.99 Å². The van der Waals surface area contributed by atoms with Crippen LogP contribution in [0.15, 0.2) is 156 Å². The summed E-state index contributed by atoms with van der Waals surface area (Å²) in [6.07, 6.45) is -20.4. The van der Waals surface area contributed by atoms with Crippen molar-refractivity contribution in [2.75, 3.05) is 10.7 Å². The summed E-state index contributed by atoms with van der Waals surface area (Å²) in [5.74, 6) is -1.80. The fourth-order valence-electron chi connectivity index (χ4n) is 9.88. The summed E-state index contributed by atoms with van der Waals surface area (Å²) in [7, 11) is 0. The zero-order valence-electron chi connectivity index (χ0n) is 37.3. The van der Waals surface area contributed by atoms with Gasteiger partial charge in [0.15, 0.2) is 0 Å². The Balaban J connectivity index is 1.66. The van der Waals surface area contributed by atoms with Gasteiger partial charge in [-0.1, -0.05) is 153 Å². The lowest BCUT2D eigenvalue weighted by Gasteiger charge is -2.24. The number of aliphatic imine (C=N–C) groups is 1. The number of allylic oxidation sites excluding steroid dienone is 2. The lowest BCUT2D eigenvalue weighted by Crippen LogP contribution is -2.23. The van der Waals surface area contributed by atoms with Gasteiger partial charge in [0.1, 0.15) is 0 Å². The van der Waals surface area contributed by atoms with E-state index in [0.29, 0.717) is 0 Å². The van der Waals surface area contributed by atoms with Gasteiger partial charge < -0.3 is 14.1 Å². The second-order valence-corrected chi connectivity index (χ2v) is 18.5. The molecule has 0 saturated heterocycles. The van der Waals surface area contributed by atoms with Crippen molar-refractivity contribution in [3.8, 4) is 0 Å². The minimum atomic E-state index is -5.71. The van der Waals surface area contributed by atoms with Crippen LogP contribution in [0.3, 0.4) is 0 Å². The topological polar surface area (TPSA) is 38.0 Å². The Hall–Kier alpha value is -6.27. The number of H-pyrrole nitrogens is 1. The number of fused-ring (bicyclic) bond motifs is 7. The average Bonchev–Trinajstić information content (AvgIpc) is 4.15. The maximum absolute atomic E-state index is 16.3. The minimum absolute atomic E-state index is 0.00191. The molecule has 0 amide bonds. The number of halogens is 14. The van der Waals surface area contributed by atoms with Gasteiger partial charge >= 0.3 is 24.7 Å². The van der Waals surface area contributed by atoms with Crippen LogP contribution in [0, 0.1) is 0 Å². The van der Waals surface area contributed by atoms with E-state index >= 15 is 52.7 Å². The molecule has 7 aromatic rings. The molecule has 0 saturated carbocycles. The van der Waals surface area contributed by atoms with Crippen molar-refractivity contribution in [2.24, 2.45) is 4.99 Å². The van der Waals surface area contributed by atoms with Crippen molar-refractivity contribution in [2.45, 2.75) is 56.6 Å². The van der Waals surface area contributed by atoms with E-state index < -0.39 is 105 Å². The summed E-state index contributed by atoms with van der Waals surface area (Å²) in [4.78, 5) is 7.74. The van der Waals surface area contributed by atoms with Gasteiger partial charge in [-0.05, 0) is 59.4 Å². The first-order valence-electron chi connectivity index (χ1n) is 22.4. The molecule has 0 radical (unpaired) electrons. The van der Waals surface area contributed by atoms with Crippen LogP contribution in [0.5, 0.6) is 0 Å². The molecule has 1 atom stereocenters. The van der Waals surface area contributed by atoms with Crippen molar-refractivity contribution in [1.29, 1.82) is 0 Å². The molecule has 18 heteroatoms. The molecule has 2 aliphatic rings. The lowest BCUT2D eigenvalue weighted by atomic mass is 9.87. The molecule has 72 heavy (non-hydrogen) atoms. The monoisotopic (exact) mass is 1130 g/mol. The Morgan fingerprint density at radius 1 is 0.444 bits per heavy atom. The average molecular weight is 1130 g/mol.